The Morgan fingerprint density at radius 2 is 1.97 bits per heavy atom. The Kier molecular flexibility index (Phi) is 6.86. The average Bonchev–Trinajstić information content (AvgIpc) is 3.00. The number of nitro benzene ring substituents is 1. The van der Waals surface area contributed by atoms with Gasteiger partial charge < -0.3 is 9.64 Å². The van der Waals surface area contributed by atoms with Crippen LogP contribution in [0.25, 0.3) is 0 Å². The van der Waals surface area contributed by atoms with Gasteiger partial charge in [-0.3, -0.25) is 10.1 Å². The van der Waals surface area contributed by atoms with Crippen molar-refractivity contribution in [3.05, 3.63) is 57.8 Å². The highest BCUT2D eigenvalue weighted by atomic mass is 32.2. The number of benzene rings is 1. The topological polar surface area (TPSA) is 123 Å². The molecule has 166 valence electrons. The Morgan fingerprint density at radius 1 is 1.19 bits per heavy atom. The lowest BCUT2D eigenvalue weighted by molar-refractivity contribution is -0.387. The third-order valence-corrected chi connectivity index (χ3v) is 7.12. The van der Waals surface area contributed by atoms with Crippen molar-refractivity contribution in [1.82, 2.24) is 9.29 Å². The van der Waals surface area contributed by atoms with E-state index in [1.54, 1.807) is 32.0 Å². The summed E-state index contributed by atoms with van der Waals surface area (Å²) in [4.78, 5) is 28.5. The van der Waals surface area contributed by atoms with Gasteiger partial charge in [-0.1, -0.05) is 12.1 Å². The molecule has 1 saturated heterocycles. The molecule has 0 N–H and O–H groups in total. The van der Waals surface area contributed by atoms with E-state index in [2.05, 4.69) is 4.98 Å². The van der Waals surface area contributed by atoms with Gasteiger partial charge in [-0.2, -0.15) is 4.31 Å². The van der Waals surface area contributed by atoms with E-state index < -0.39 is 26.6 Å². The monoisotopic (exact) mass is 448 g/mol. The molecule has 0 saturated carbocycles. The van der Waals surface area contributed by atoms with Crippen LogP contribution in [-0.2, 0) is 14.8 Å². The van der Waals surface area contributed by atoms with Gasteiger partial charge in [0.1, 0.15) is 5.82 Å². The van der Waals surface area contributed by atoms with Gasteiger partial charge in [-0.05, 0) is 38.0 Å². The van der Waals surface area contributed by atoms with E-state index in [0.29, 0.717) is 36.5 Å². The van der Waals surface area contributed by atoms with Gasteiger partial charge in [0.15, 0.2) is 4.90 Å². The highest BCUT2D eigenvalue weighted by molar-refractivity contribution is 7.89. The maximum Gasteiger partial charge on any atom is 0.339 e. The molecular formula is C20H24N4O6S. The van der Waals surface area contributed by atoms with E-state index >= 15 is 0 Å². The number of esters is 1. The zero-order chi connectivity index (χ0) is 22.6. The maximum absolute atomic E-state index is 13.2. The van der Waals surface area contributed by atoms with Gasteiger partial charge in [0.05, 0.1) is 17.1 Å². The molecule has 0 amide bonds. The third kappa shape index (κ3) is 4.83. The number of hydrogen-bond donors (Lipinski definition) is 0. The number of anilines is 1. The second-order valence-electron chi connectivity index (χ2n) is 7.05. The number of aromatic nitrogens is 1. The Bertz CT molecular complexity index is 1070. The summed E-state index contributed by atoms with van der Waals surface area (Å²) in [6, 6.07) is 7.55. The van der Waals surface area contributed by atoms with Gasteiger partial charge in [0.2, 0.25) is 10.0 Å². The van der Waals surface area contributed by atoms with Gasteiger partial charge in [0, 0.05) is 38.4 Å². The van der Waals surface area contributed by atoms with Crippen LogP contribution in [0.5, 0.6) is 0 Å². The number of hydrogen-bond acceptors (Lipinski definition) is 8. The smallest absolute Gasteiger partial charge is 0.339 e. The van der Waals surface area contributed by atoms with Crippen molar-refractivity contribution in [1.29, 1.82) is 0 Å². The van der Waals surface area contributed by atoms with Crippen LogP contribution in [0.2, 0.25) is 0 Å². The van der Waals surface area contributed by atoms with Crippen LogP contribution in [-0.4, -0.2) is 61.4 Å². The predicted molar refractivity (Wildman–Crippen MR) is 114 cm³/mol. The minimum atomic E-state index is -4.04. The van der Waals surface area contributed by atoms with Crippen molar-refractivity contribution in [2.24, 2.45) is 0 Å². The summed E-state index contributed by atoms with van der Waals surface area (Å²) < 4.78 is 32.7. The van der Waals surface area contributed by atoms with Gasteiger partial charge in [-0.25, -0.2) is 18.2 Å². The molecule has 2 heterocycles. The minimum Gasteiger partial charge on any atom is -0.462 e. The highest BCUT2D eigenvalue weighted by Crippen LogP contribution is 2.30. The summed E-state index contributed by atoms with van der Waals surface area (Å²) in [6.45, 7) is 4.88. The Morgan fingerprint density at radius 3 is 2.61 bits per heavy atom. The number of carbonyl (C=O) groups is 1. The summed E-state index contributed by atoms with van der Waals surface area (Å²) in [6.07, 6.45) is 1.96. The minimum absolute atomic E-state index is 0.162. The number of carbonyl (C=O) groups excluding carboxylic acids is 1. The van der Waals surface area contributed by atoms with Crippen LogP contribution < -0.4 is 4.90 Å². The lowest BCUT2D eigenvalue weighted by atomic mass is 10.2. The van der Waals surface area contributed by atoms with E-state index in [1.807, 2.05) is 4.90 Å². The molecule has 1 aromatic heterocycles. The van der Waals surface area contributed by atoms with Crippen LogP contribution in [0.4, 0.5) is 11.5 Å². The second-order valence-corrected chi connectivity index (χ2v) is 8.93. The van der Waals surface area contributed by atoms with Crippen LogP contribution in [0.3, 0.4) is 0 Å². The SMILES string of the molecule is CCOC(=O)c1ccc(N2CCCN(S(=O)(=O)c3c(C)cccc3[N+](=O)[O-])CC2)nc1. The van der Waals surface area contributed by atoms with Crippen molar-refractivity contribution in [3.63, 3.8) is 0 Å². The fraction of sp³-hybridized carbons (Fsp3) is 0.400. The Balaban J connectivity index is 1.79. The summed E-state index contributed by atoms with van der Waals surface area (Å²) in [5.74, 6) is 0.170. The molecule has 2 aromatic rings. The molecule has 10 nitrogen and oxygen atoms in total. The summed E-state index contributed by atoms with van der Waals surface area (Å²) in [5.41, 5.74) is 0.264. The molecule has 0 radical (unpaired) electrons. The van der Waals surface area contributed by atoms with E-state index in [4.69, 9.17) is 4.74 Å². The van der Waals surface area contributed by atoms with Crippen LogP contribution in [0, 0.1) is 17.0 Å². The van der Waals surface area contributed by atoms with Crippen molar-refractivity contribution in [2.75, 3.05) is 37.7 Å². The fourth-order valence-corrected chi connectivity index (χ4v) is 5.35. The number of nitrogens with zero attached hydrogens (tertiary/aromatic N) is 4. The van der Waals surface area contributed by atoms with Crippen LogP contribution in [0.15, 0.2) is 41.4 Å². The first-order chi connectivity index (χ1) is 14.8. The van der Waals surface area contributed by atoms with Crippen molar-refractivity contribution in [2.45, 2.75) is 25.2 Å². The second kappa shape index (κ2) is 9.40. The normalized spacial score (nSPS) is 15.4. The molecule has 1 aliphatic heterocycles. The molecule has 0 aliphatic carbocycles. The molecule has 1 aromatic carbocycles. The molecule has 1 aliphatic rings. The number of sulfonamides is 1. The number of nitro groups is 1. The molecule has 1 fully saturated rings. The largest absolute Gasteiger partial charge is 0.462 e. The lowest BCUT2D eigenvalue weighted by Gasteiger charge is -2.23. The predicted octanol–water partition coefficient (Wildman–Crippen LogP) is 2.38. The molecule has 11 heteroatoms. The number of pyridine rings is 1. The van der Waals surface area contributed by atoms with E-state index in [-0.39, 0.29) is 24.6 Å². The first kappa shape index (κ1) is 22.6. The van der Waals surface area contributed by atoms with Crippen molar-refractivity contribution >= 4 is 27.5 Å². The molecule has 3 rings (SSSR count). The molecule has 0 unspecified atom stereocenters. The standard InChI is InChI=1S/C20H24N4O6S/c1-3-30-20(25)16-8-9-18(21-14-16)22-10-5-11-23(13-12-22)31(28,29)19-15(2)6-4-7-17(19)24(26)27/h4,6-9,14H,3,5,10-13H2,1-2H3. The van der Waals surface area contributed by atoms with Crippen molar-refractivity contribution in [3.8, 4) is 0 Å². The summed E-state index contributed by atoms with van der Waals surface area (Å²) in [5, 5.41) is 11.4. The average molecular weight is 449 g/mol. The van der Waals surface area contributed by atoms with E-state index in [1.165, 1.54) is 22.6 Å². The lowest BCUT2D eigenvalue weighted by Crippen LogP contribution is -2.36. The number of aryl methyl sites for hydroxylation is 1. The van der Waals surface area contributed by atoms with Gasteiger partial charge in [-0.15, -0.1) is 0 Å². The van der Waals surface area contributed by atoms with Gasteiger partial charge >= 0.3 is 5.97 Å². The Labute approximate surface area is 180 Å². The molecule has 0 bridgehead atoms. The van der Waals surface area contributed by atoms with E-state index in [9.17, 15) is 23.3 Å². The van der Waals surface area contributed by atoms with Crippen LogP contribution >= 0.6 is 0 Å². The van der Waals surface area contributed by atoms with Crippen molar-refractivity contribution < 1.29 is 22.9 Å². The zero-order valence-corrected chi connectivity index (χ0v) is 18.2. The summed E-state index contributed by atoms with van der Waals surface area (Å²) in [7, 11) is -4.04. The molecule has 31 heavy (non-hydrogen) atoms. The number of rotatable bonds is 6. The first-order valence-corrected chi connectivity index (χ1v) is 11.3. The molecule has 0 spiro atoms. The third-order valence-electron chi connectivity index (χ3n) is 5.02. The number of ether oxygens (including phenoxy) is 1. The molecule has 0 atom stereocenters. The summed E-state index contributed by atoms with van der Waals surface area (Å²) >= 11 is 0. The zero-order valence-electron chi connectivity index (χ0n) is 17.4. The fourth-order valence-electron chi connectivity index (χ4n) is 3.52. The molecular weight excluding hydrogens is 424 g/mol. The first-order valence-electron chi connectivity index (χ1n) is 9.88. The van der Waals surface area contributed by atoms with Crippen LogP contribution in [0.1, 0.15) is 29.3 Å². The highest BCUT2D eigenvalue weighted by Gasteiger charge is 2.34. The van der Waals surface area contributed by atoms with Gasteiger partial charge in [0.25, 0.3) is 5.69 Å². The maximum atomic E-state index is 13.2. The Hall–Kier alpha value is -3.05. The van der Waals surface area contributed by atoms with E-state index in [0.717, 1.165) is 0 Å². The quantitative estimate of drug-likeness (QED) is 0.375.